The van der Waals surface area contributed by atoms with Gasteiger partial charge in [-0.1, -0.05) is 12.1 Å². The van der Waals surface area contributed by atoms with Gasteiger partial charge in [0, 0.05) is 32.2 Å². The summed E-state index contributed by atoms with van der Waals surface area (Å²) in [6.45, 7) is 2.87. The number of piperazine rings is 1. The molecule has 1 saturated heterocycles. The summed E-state index contributed by atoms with van der Waals surface area (Å²) in [5, 5.41) is 0.356. The Kier molecular flexibility index (Phi) is 5.93. The van der Waals surface area contributed by atoms with Crippen LogP contribution < -0.4 is 5.43 Å². The highest BCUT2D eigenvalue weighted by atomic mass is 16.6. The fourth-order valence-corrected chi connectivity index (χ4v) is 2.85. The van der Waals surface area contributed by atoms with Crippen molar-refractivity contribution < 1.29 is 28.3 Å². The van der Waals surface area contributed by atoms with E-state index in [1.54, 1.807) is 31.2 Å². The molecule has 2 amide bonds. The molecular weight excluding hydrogens is 368 g/mol. The molecule has 9 nitrogen and oxygen atoms in total. The molecule has 0 N–H and O–H groups in total. The van der Waals surface area contributed by atoms with Crippen LogP contribution in [0, 0.1) is 0 Å². The maximum Gasteiger partial charge on any atom is 0.409 e. The van der Waals surface area contributed by atoms with E-state index < -0.39 is 18.7 Å². The quantitative estimate of drug-likeness (QED) is 0.726. The minimum Gasteiger partial charge on any atom is -0.450 e. The molecule has 0 spiro atoms. The summed E-state index contributed by atoms with van der Waals surface area (Å²) in [5.74, 6) is -1.54. The lowest BCUT2D eigenvalue weighted by atomic mass is 10.2. The third-order valence-electron chi connectivity index (χ3n) is 4.32. The van der Waals surface area contributed by atoms with Crippen LogP contribution in [0.2, 0.25) is 0 Å². The molecule has 2 heterocycles. The zero-order valence-corrected chi connectivity index (χ0v) is 15.4. The van der Waals surface area contributed by atoms with Crippen molar-refractivity contribution in [1.29, 1.82) is 0 Å². The van der Waals surface area contributed by atoms with Crippen molar-refractivity contribution in [3.05, 3.63) is 46.3 Å². The van der Waals surface area contributed by atoms with Crippen LogP contribution in [-0.4, -0.2) is 67.2 Å². The zero-order valence-electron chi connectivity index (χ0n) is 15.4. The fourth-order valence-electron chi connectivity index (χ4n) is 2.85. The molecule has 1 aliphatic rings. The van der Waals surface area contributed by atoms with Crippen LogP contribution in [-0.2, 0) is 14.3 Å². The van der Waals surface area contributed by atoms with Gasteiger partial charge in [-0.05, 0) is 19.1 Å². The van der Waals surface area contributed by atoms with Crippen LogP contribution in [0.5, 0.6) is 0 Å². The number of para-hydroxylation sites is 1. The molecule has 9 heteroatoms. The molecular formula is C19H20N2O7. The summed E-state index contributed by atoms with van der Waals surface area (Å²) in [4.78, 5) is 51.1. The average Bonchev–Trinajstić information content (AvgIpc) is 2.72. The largest absolute Gasteiger partial charge is 0.450 e. The molecule has 1 fully saturated rings. The van der Waals surface area contributed by atoms with E-state index in [-0.39, 0.29) is 22.7 Å². The molecule has 0 radical (unpaired) electrons. The number of benzene rings is 1. The fraction of sp³-hybridized carbons (Fsp3) is 0.368. The number of fused-ring (bicyclic) bond motifs is 1. The first-order valence-corrected chi connectivity index (χ1v) is 8.89. The maximum absolute atomic E-state index is 12.2. The molecule has 0 aliphatic carbocycles. The molecule has 0 unspecified atom stereocenters. The number of nitrogens with zero attached hydrogens (tertiary/aromatic N) is 2. The lowest BCUT2D eigenvalue weighted by molar-refractivity contribution is -0.136. The molecule has 0 saturated carbocycles. The van der Waals surface area contributed by atoms with Gasteiger partial charge in [0.05, 0.1) is 12.0 Å². The number of amides is 2. The van der Waals surface area contributed by atoms with Crippen LogP contribution in [0.4, 0.5) is 4.79 Å². The Morgan fingerprint density at radius 3 is 2.43 bits per heavy atom. The van der Waals surface area contributed by atoms with Gasteiger partial charge >= 0.3 is 12.1 Å². The van der Waals surface area contributed by atoms with Gasteiger partial charge in [-0.15, -0.1) is 0 Å². The summed E-state index contributed by atoms with van der Waals surface area (Å²) < 4.78 is 15.3. The maximum atomic E-state index is 12.2. The predicted octanol–water partition coefficient (Wildman–Crippen LogP) is 1.25. The Bertz CT molecular complexity index is 945. The number of rotatable bonds is 4. The Morgan fingerprint density at radius 2 is 1.71 bits per heavy atom. The first-order chi connectivity index (χ1) is 13.5. The van der Waals surface area contributed by atoms with E-state index >= 15 is 0 Å². The normalized spacial score (nSPS) is 14.0. The second-order valence-electron chi connectivity index (χ2n) is 6.11. The Labute approximate surface area is 160 Å². The first kappa shape index (κ1) is 19.4. The van der Waals surface area contributed by atoms with Gasteiger partial charge < -0.3 is 23.7 Å². The van der Waals surface area contributed by atoms with Crippen molar-refractivity contribution in [1.82, 2.24) is 9.80 Å². The Balaban J connectivity index is 1.54. The minimum atomic E-state index is -0.888. The molecule has 2 aromatic rings. The van der Waals surface area contributed by atoms with E-state index in [4.69, 9.17) is 13.9 Å². The van der Waals surface area contributed by atoms with Gasteiger partial charge in [0.25, 0.3) is 5.91 Å². The Morgan fingerprint density at radius 1 is 1.04 bits per heavy atom. The highest BCUT2D eigenvalue weighted by Crippen LogP contribution is 2.12. The number of esters is 1. The van der Waals surface area contributed by atoms with Gasteiger partial charge in [0.15, 0.2) is 12.0 Å². The van der Waals surface area contributed by atoms with E-state index in [0.29, 0.717) is 38.2 Å². The molecule has 3 rings (SSSR count). The first-order valence-electron chi connectivity index (χ1n) is 8.89. The lowest BCUT2D eigenvalue weighted by Gasteiger charge is -2.33. The minimum absolute atomic E-state index is 0.261. The van der Waals surface area contributed by atoms with Crippen molar-refractivity contribution in [2.75, 3.05) is 39.4 Å². The van der Waals surface area contributed by atoms with E-state index in [1.165, 1.54) is 9.80 Å². The molecule has 1 aromatic heterocycles. The van der Waals surface area contributed by atoms with Crippen LogP contribution in [0.25, 0.3) is 11.0 Å². The lowest BCUT2D eigenvalue weighted by Crippen LogP contribution is -2.51. The molecule has 0 atom stereocenters. The second kappa shape index (κ2) is 8.55. The third kappa shape index (κ3) is 4.30. The molecule has 148 valence electrons. The van der Waals surface area contributed by atoms with E-state index in [0.717, 1.165) is 6.07 Å². The molecule has 1 aliphatic heterocycles. The van der Waals surface area contributed by atoms with Crippen LogP contribution in [0.3, 0.4) is 0 Å². The average molecular weight is 388 g/mol. The predicted molar refractivity (Wildman–Crippen MR) is 97.9 cm³/mol. The van der Waals surface area contributed by atoms with E-state index in [1.807, 2.05) is 0 Å². The van der Waals surface area contributed by atoms with Gasteiger partial charge in [0.2, 0.25) is 5.76 Å². The van der Waals surface area contributed by atoms with Crippen LogP contribution in [0.1, 0.15) is 17.5 Å². The second-order valence-corrected chi connectivity index (χ2v) is 6.11. The highest BCUT2D eigenvalue weighted by molar-refractivity contribution is 5.90. The van der Waals surface area contributed by atoms with Gasteiger partial charge in [-0.25, -0.2) is 9.59 Å². The number of hydrogen-bond acceptors (Lipinski definition) is 7. The summed E-state index contributed by atoms with van der Waals surface area (Å²) in [6, 6.07) is 7.59. The molecule has 1 aromatic carbocycles. The number of ether oxygens (including phenoxy) is 2. The molecule has 28 heavy (non-hydrogen) atoms. The smallest absolute Gasteiger partial charge is 0.409 e. The summed E-state index contributed by atoms with van der Waals surface area (Å²) in [6.07, 6.45) is -0.410. The summed E-state index contributed by atoms with van der Waals surface area (Å²) in [7, 11) is 0. The third-order valence-corrected chi connectivity index (χ3v) is 4.32. The molecule has 0 bridgehead atoms. The highest BCUT2D eigenvalue weighted by Gasteiger charge is 2.25. The monoisotopic (exact) mass is 388 g/mol. The van der Waals surface area contributed by atoms with Gasteiger partial charge in [-0.2, -0.15) is 0 Å². The van der Waals surface area contributed by atoms with E-state index in [2.05, 4.69) is 0 Å². The number of carbonyl (C=O) groups excluding carboxylic acids is 3. The van der Waals surface area contributed by atoms with Crippen molar-refractivity contribution in [3.63, 3.8) is 0 Å². The van der Waals surface area contributed by atoms with E-state index in [9.17, 15) is 19.2 Å². The van der Waals surface area contributed by atoms with Crippen molar-refractivity contribution >= 4 is 28.9 Å². The Hall–Kier alpha value is -3.36. The zero-order chi connectivity index (χ0) is 20.1. The number of hydrogen-bond donors (Lipinski definition) is 0. The van der Waals surface area contributed by atoms with Gasteiger partial charge in [0.1, 0.15) is 5.58 Å². The van der Waals surface area contributed by atoms with Crippen molar-refractivity contribution in [3.8, 4) is 0 Å². The SMILES string of the molecule is CCOC(=O)N1CCN(C(=O)COC(=O)c2cc(=O)c3ccccc3o2)CC1. The summed E-state index contributed by atoms with van der Waals surface area (Å²) >= 11 is 0. The summed E-state index contributed by atoms with van der Waals surface area (Å²) in [5.41, 5.74) is -0.0985. The van der Waals surface area contributed by atoms with Crippen molar-refractivity contribution in [2.45, 2.75) is 6.92 Å². The van der Waals surface area contributed by atoms with Crippen LogP contribution >= 0.6 is 0 Å². The topological polar surface area (TPSA) is 106 Å². The van der Waals surface area contributed by atoms with Crippen LogP contribution in [0.15, 0.2) is 39.5 Å². The number of carbonyl (C=O) groups is 3. The van der Waals surface area contributed by atoms with Crippen molar-refractivity contribution in [2.24, 2.45) is 0 Å². The van der Waals surface area contributed by atoms with Gasteiger partial charge in [-0.3, -0.25) is 9.59 Å². The standard InChI is InChI=1S/C19H20N2O7/c1-2-26-19(25)21-9-7-20(8-10-21)17(23)12-27-18(24)16-11-14(22)13-5-3-4-6-15(13)28-16/h3-6,11H,2,7-10,12H2,1H3.